The zero-order valence-corrected chi connectivity index (χ0v) is 21.6. The summed E-state index contributed by atoms with van der Waals surface area (Å²) < 4.78 is 2.33. The van der Waals surface area contributed by atoms with Crippen molar-refractivity contribution < 1.29 is 0 Å². The Labute approximate surface area is 227 Å². The van der Waals surface area contributed by atoms with E-state index in [4.69, 9.17) is 0 Å². The Morgan fingerprint density at radius 2 is 1.38 bits per heavy atom. The molecule has 6 aromatic rings. The van der Waals surface area contributed by atoms with E-state index < -0.39 is 0 Å². The highest BCUT2D eigenvalue weighted by Gasteiger charge is 2.47. The highest BCUT2D eigenvalue weighted by molar-refractivity contribution is 6.10. The average molecular weight is 503 g/mol. The molecule has 4 nitrogen and oxygen atoms in total. The van der Waals surface area contributed by atoms with Gasteiger partial charge in [-0.1, -0.05) is 60.7 Å². The molecule has 0 radical (unpaired) electrons. The van der Waals surface area contributed by atoms with Crippen LogP contribution in [0.15, 0.2) is 134 Å². The molecular formula is C35H26N4. The summed E-state index contributed by atoms with van der Waals surface area (Å²) in [6.45, 7) is 2.37. The van der Waals surface area contributed by atoms with E-state index in [-0.39, 0.29) is 11.5 Å². The maximum atomic E-state index is 4.25. The zero-order chi connectivity index (χ0) is 26.0. The summed E-state index contributed by atoms with van der Waals surface area (Å²) in [4.78, 5) is 10.9. The fourth-order valence-electron chi connectivity index (χ4n) is 6.64. The van der Waals surface area contributed by atoms with Crippen LogP contribution in [0.5, 0.6) is 0 Å². The van der Waals surface area contributed by atoms with E-state index >= 15 is 0 Å². The highest BCUT2D eigenvalue weighted by atomic mass is 15.2. The number of hydrogen-bond acceptors (Lipinski definition) is 3. The summed E-state index contributed by atoms with van der Waals surface area (Å²) in [6.07, 6.45) is 14.6. The van der Waals surface area contributed by atoms with E-state index in [1.165, 1.54) is 44.2 Å². The Morgan fingerprint density at radius 3 is 2.21 bits per heavy atom. The summed E-state index contributed by atoms with van der Waals surface area (Å²) >= 11 is 0. The Morgan fingerprint density at radius 1 is 0.692 bits per heavy atom. The van der Waals surface area contributed by atoms with E-state index in [2.05, 4.69) is 136 Å². The Balaban J connectivity index is 1.29. The Bertz CT molecular complexity index is 1930. The van der Waals surface area contributed by atoms with Gasteiger partial charge in [-0.05, 0) is 72.2 Å². The largest absolute Gasteiger partial charge is 0.333 e. The molecule has 0 N–H and O–H groups in total. The molecule has 2 aliphatic rings. The highest BCUT2D eigenvalue weighted by Crippen LogP contribution is 2.52. The lowest BCUT2D eigenvalue weighted by Crippen LogP contribution is -2.39. The van der Waals surface area contributed by atoms with Gasteiger partial charge in [-0.25, -0.2) is 0 Å². The number of aromatic nitrogens is 3. The zero-order valence-electron chi connectivity index (χ0n) is 21.6. The third-order valence-electron chi connectivity index (χ3n) is 8.42. The van der Waals surface area contributed by atoms with Crippen molar-refractivity contribution in [3.05, 3.63) is 145 Å². The van der Waals surface area contributed by atoms with E-state index in [9.17, 15) is 0 Å². The summed E-state index contributed by atoms with van der Waals surface area (Å²) in [5.74, 6) is 0. The molecule has 0 saturated carbocycles. The molecule has 3 aromatic heterocycles. The van der Waals surface area contributed by atoms with Crippen molar-refractivity contribution in [3.8, 4) is 5.69 Å². The third-order valence-corrected chi connectivity index (χ3v) is 8.42. The minimum Gasteiger partial charge on any atom is -0.333 e. The van der Waals surface area contributed by atoms with Crippen molar-refractivity contribution in [1.82, 2.24) is 14.5 Å². The maximum absolute atomic E-state index is 4.25. The molecule has 2 atom stereocenters. The lowest BCUT2D eigenvalue weighted by Gasteiger charge is -2.36. The van der Waals surface area contributed by atoms with Crippen LogP contribution < -0.4 is 4.90 Å². The molecule has 39 heavy (non-hydrogen) atoms. The fraction of sp³-hybridized carbons (Fsp3) is 0.0857. The first-order valence-electron chi connectivity index (χ1n) is 13.4. The number of anilines is 2. The standard InChI is InChI=1S/C35H26N4/c1-35-23-25(11-13-34(35)39(27-16-20-37-21-17-27)33-9-5-3-7-30(33)35)24-10-12-32-29(22-24)28-6-2-4-8-31(28)38(32)26-14-18-36-19-15-26/h2-23,34H,1H3/t34-,35?/m1/s1. The van der Waals surface area contributed by atoms with E-state index in [0.717, 1.165) is 11.4 Å². The second-order valence-electron chi connectivity index (χ2n) is 10.6. The van der Waals surface area contributed by atoms with Crippen molar-refractivity contribution >= 4 is 38.8 Å². The van der Waals surface area contributed by atoms with Gasteiger partial charge in [0.1, 0.15) is 0 Å². The van der Waals surface area contributed by atoms with Crippen LogP contribution >= 0.6 is 0 Å². The number of fused-ring (bicyclic) bond motifs is 6. The summed E-state index contributed by atoms with van der Waals surface area (Å²) in [7, 11) is 0. The van der Waals surface area contributed by atoms with E-state index in [0.29, 0.717) is 0 Å². The Kier molecular flexibility index (Phi) is 4.68. The number of nitrogens with zero attached hydrogens (tertiary/aromatic N) is 4. The van der Waals surface area contributed by atoms with Gasteiger partial charge in [0.05, 0.1) is 17.1 Å². The number of allylic oxidation sites excluding steroid dienone is 2. The number of para-hydroxylation sites is 2. The summed E-state index contributed by atoms with van der Waals surface area (Å²) in [5, 5.41) is 2.51. The average Bonchev–Trinajstić information content (AvgIpc) is 3.47. The lowest BCUT2D eigenvalue weighted by molar-refractivity contribution is 0.553. The first kappa shape index (κ1) is 22.1. The first-order valence-corrected chi connectivity index (χ1v) is 13.4. The van der Waals surface area contributed by atoms with Crippen molar-refractivity contribution in [1.29, 1.82) is 0 Å². The normalized spacial score (nSPS) is 19.8. The van der Waals surface area contributed by atoms with Gasteiger partial charge in [-0.2, -0.15) is 0 Å². The van der Waals surface area contributed by atoms with Gasteiger partial charge < -0.3 is 9.47 Å². The SMILES string of the molecule is CC12C=C(c3ccc4c(c3)c3ccccc3n4-c3ccncc3)C=C[C@H]1N(c1ccncc1)c1ccccc12. The van der Waals surface area contributed by atoms with Crippen molar-refractivity contribution in [2.24, 2.45) is 0 Å². The van der Waals surface area contributed by atoms with Gasteiger partial charge in [0.15, 0.2) is 0 Å². The van der Waals surface area contributed by atoms with Gasteiger partial charge in [-0.3, -0.25) is 9.97 Å². The van der Waals surface area contributed by atoms with Crippen molar-refractivity contribution in [2.45, 2.75) is 18.4 Å². The maximum Gasteiger partial charge on any atom is 0.0655 e. The van der Waals surface area contributed by atoms with Gasteiger partial charge in [0.2, 0.25) is 0 Å². The number of pyridine rings is 2. The molecule has 8 rings (SSSR count). The minimum atomic E-state index is -0.163. The van der Waals surface area contributed by atoms with Gasteiger partial charge in [0.25, 0.3) is 0 Å². The number of hydrogen-bond donors (Lipinski definition) is 0. The summed E-state index contributed by atoms with van der Waals surface area (Å²) in [6, 6.07) is 32.9. The van der Waals surface area contributed by atoms with Crippen molar-refractivity contribution in [2.75, 3.05) is 4.90 Å². The van der Waals surface area contributed by atoms with Crippen LogP contribution in [0.2, 0.25) is 0 Å². The van der Waals surface area contributed by atoms with Gasteiger partial charge in [0, 0.05) is 58.0 Å². The molecule has 1 unspecified atom stereocenters. The quantitative estimate of drug-likeness (QED) is 0.246. The second kappa shape index (κ2) is 8.27. The predicted molar refractivity (Wildman–Crippen MR) is 160 cm³/mol. The van der Waals surface area contributed by atoms with Crippen LogP contribution in [-0.4, -0.2) is 20.6 Å². The van der Waals surface area contributed by atoms with E-state index in [1.54, 1.807) is 0 Å². The number of benzene rings is 3. The van der Waals surface area contributed by atoms with E-state index in [1.807, 2.05) is 24.8 Å². The Hall–Kier alpha value is -4.96. The lowest BCUT2D eigenvalue weighted by atomic mass is 9.73. The molecule has 0 saturated heterocycles. The van der Waals surface area contributed by atoms with Crippen LogP contribution in [0.1, 0.15) is 18.1 Å². The first-order chi connectivity index (χ1) is 19.2. The van der Waals surface area contributed by atoms with Gasteiger partial charge in [-0.15, -0.1) is 0 Å². The second-order valence-corrected chi connectivity index (χ2v) is 10.6. The third kappa shape index (κ3) is 3.18. The molecular weight excluding hydrogens is 476 g/mol. The van der Waals surface area contributed by atoms with Crippen LogP contribution in [0.3, 0.4) is 0 Å². The molecule has 4 heteroatoms. The molecule has 1 aliphatic carbocycles. The summed E-state index contributed by atoms with van der Waals surface area (Å²) in [5.41, 5.74) is 9.62. The van der Waals surface area contributed by atoms with Gasteiger partial charge >= 0.3 is 0 Å². The molecule has 3 aromatic carbocycles. The molecule has 186 valence electrons. The molecule has 1 aliphatic heterocycles. The molecule has 0 fully saturated rings. The molecule has 0 bridgehead atoms. The van der Waals surface area contributed by atoms with Crippen LogP contribution in [0, 0.1) is 0 Å². The molecule has 0 amide bonds. The van der Waals surface area contributed by atoms with Crippen LogP contribution in [0.4, 0.5) is 11.4 Å². The smallest absolute Gasteiger partial charge is 0.0655 e. The molecule has 4 heterocycles. The predicted octanol–water partition coefficient (Wildman–Crippen LogP) is 8.01. The van der Waals surface area contributed by atoms with Crippen molar-refractivity contribution in [3.63, 3.8) is 0 Å². The number of rotatable bonds is 3. The van der Waals surface area contributed by atoms with Crippen LogP contribution in [0.25, 0.3) is 33.1 Å². The minimum absolute atomic E-state index is 0.163. The van der Waals surface area contributed by atoms with Crippen LogP contribution in [-0.2, 0) is 5.41 Å². The topological polar surface area (TPSA) is 34.0 Å². The monoisotopic (exact) mass is 502 g/mol. The molecule has 0 spiro atoms. The fourth-order valence-corrected chi connectivity index (χ4v) is 6.64.